The Labute approximate surface area is 202 Å². The van der Waals surface area contributed by atoms with Crippen LogP contribution in [0.15, 0.2) is 65.6 Å². The van der Waals surface area contributed by atoms with Crippen LogP contribution < -0.4 is 14.8 Å². The molecule has 0 radical (unpaired) electrons. The molecule has 3 aromatic rings. The molecular weight excluding hydrogens is 487 g/mol. The summed E-state index contributed by atoms with van der Waals surface area (Å²) in [6.07, 6.45) is 0. The number of carbonyl (C=O) groups excluding carboxylic acids is 1. The van der Waals surface area contributed by atoms with Crippen LogP contribution in [0.5, 0.6) is 11.5 Å². The molecule has 1 amide bonds. The maximum Gasteiger partial charge on any atom is 0.255 e. The van der Waals surface area contributed by atoms with Crippen molar-refractivity contribution in [2.24, 2.45) is 0 Å². The lowest BCUT2D eigenvalue weighted by molar-refractivity contribution is 0.102. The first kappa shape index (κ1) is 24.9. The van der Waals surface area contributed by atoms with E-state index in [2.05, 4.69) is 5.32 Å². The van der Waals surface area contributed by atoms with Gasteiger partial charge < -0.3 is 14.8 Å². The molecule has 0 aliphatic rings. The highest BCUT2D eigenvalue weighted by molar-refractivity contribution is 7.89. The topological polar surface area (TPSA) is 84.9 Å². The summed E-state index contributed by atoms with van der Waals surface area (Å²) in [7, 11) is 0.627. The molecule has 0 atom stereocenters. The summed E-state index contributed by atoms with van der Waals surface area (Å²) in [4.78, 5) is 13.0. The molecule has 0 saturated heterocycles. The molecule has 0 spiro atoms. The Morgan fingerprint density at radius 2 is 1.52 bits per heavy atom. The van der Waals surface area contributed by atoms with E-state index in [1.165, 1.54) is 49.8 Å². The average molecular weight is 509 g/mol. The van der Waals surface area contributed by atoms with Crippen molar-refractivity contribution in [3.63, 3.8) is 0 Å². The molecule has 0 heterocycles. The van der Waals surface area contributed by atoms with Gasteiger partial charge in [-0.05, 0) is 60.7 Å². The van der Waals surface area contributed by atoms with Gasteiger partial charge in [0.2, 0.25) is 10.0 Å². The van der Waals surface area contributed by atoms with Crippen molar-refractivity contribution in [3.05, 3.63) is 81.8 Å². The molecule has 0 aliphatic heterocycles. The van der Waals surface area contributed by atoms with E-state index in [0.717, 1.165) is 0 Å². The van der Waals surface area contributed by atoms with Gasteiger partial charge in [0.05, 0.1) is 24.8 Å². The normalized spacial score (nSPS) is 11.3. The summed E-state index contributed by atoms with van der Waals surface area (Å²) in [5, 5.41) is 3.64. The lowest BCUT2D eigenvalue weighted by Crippen LogP contribution is -2.27. The van der Waals surface area contributed by atoms with E-state index in [4.69, 9.17) is 32.7 Å². The largest absolute Gasteiger partial charge is 0.496 e. The van der Waals surface area contributed by atoms with Gasteiger partial charge in [-0.1, -0.05) is 23.2 Å². The van der Waals surface area contributed by atoms with Crippen molar-refractivity contribution >= 4 is 44.8 Å². The first-order valence-electron chi connectivity index (χ1n) is 9.69. The number of rotatable bonds is 8. The number of anilines is 1. The molecule has 33 heavy (non-hydrogen) atoms. The molecule has 0 unspecified atom stereocenters. The molecular formula is C23H22Cl2N2O5S. The van der Waals surface area contributed by atoms with Crippen molar-refractivity contribution in [1.29, 1.82) is 0 Å². The quantitative estimate of drug-likeness (QED) is 0.458. The minimum atomic E-state index is -3.79. The van der Waals surface area contributed by atoms with Crippen molar-refractivity contribution < 1.29 is 22.7 Å². The summed E-state index contributed by atoms with van der Waals surface area (Å²) in [5.41, 5.74) is 1.24. The number of methoxy groups -OCH3 is 2. The first-order valence-corrected chi connectivity index (χ1v) is 11.9. The summed E-state index contributed by atoms with van der Waals surface area (Å²) in [5.74, 6) is 0.489. The molecule has 3 rings (SSSR count). The van der Waals surface area contributed by atoms with Crippen molar-refractivity contribution in [3.8, 4) is 11.5 Å². The third kappa shape index (κ3) is 5.78. The fourth-order valence-electron chi connectivity index (χ4n) is 3.13. The third-order valence-electron chi connectivity index (χ3n) is 4.87. The van der Waals surface area contributed by atoms with E-state index >= 15 is 0 Å². The van der Waals surface area contributed by atoms with E-state index in [1.807, 2.05) is 0 Å². The molecule has 10 heteroatoms. The minimum Gasteiger partial charge on any atom is -0.496 e. The number of ether oxygens (including phenoxy) is 2. The Hall–Kier alpha value is -2.78. The van der Waals surface area contributed by atoms with Gasteiger partial charge in [-0.25, -0.2) is 8.42 Å². The maximum atomic E-state index is 12.9. The Kier molecular flexibility index (Phi) is 7.86. The molecule has 174 valence electrons. The number of halogens is 2. The molecule has 0 aliphatic carbocycles. The highest BCUT2D eigenvalue weighted by Gasteiger charge is 2.23. The lowest BCUT2D eigenvalue weighted by Gasteiger charge is -2.19. The van der Waals surface area contributed by atoms with Crippen LogP contribution in [0.3, 0.4) is 0 Å². The monoisotopic (exact) mass is 508 g/mol. The Morgan fingerprint density at radius 1 is 0.909 bits per heavy atom. The summed E-state index contributed by atoms with van der Waals surface area (Å²) in [6, 6.07) is 15.6. The Morgan fingerprint density at radius 3 is 2.15 bits per heavy atom. The van der Waals surface area contributed by atoms with Crippen LogP contribution in [-0.4, -0.2) is 39.9 Å². The van der Waals surface area contributed by atoms with Gasteiger partial charge in [-0.15, -0.1) is 0 Å². The van der Waals surface area contributed by atoms with Gasteiger partial charge in [0, 0.05) is 34.8 Å². The van der Waals surface area contributed by atoms with E-state index in [9.17, 15) is 13.2 Å². The zero-order valence-corrected chi connectivity index (χ0v) is 20.5. The van der Waals surface area contributed by atoms with Crippen molar-refractivity contribution in [2.75, 3.05) is 26.6 Å². The van der Waals surface area contributed by atoms with E-state index in [1.54, 1.807) is 36.4 Å². The predicted molar refractivity (Wildman–Crippen MR) is 129 cm³/mol. The van der Waals surface area contributed by atoms with Crippen LogP contribution in [-0.2, 0) is 16.6 Å². The third-order valence-corrected chi connectivity index (χ3v) is 7.17. The smallest absolute Gasteiger partial charge is 0.255 e. The Bertz CT molecular complexity index is 1260. The van der Waals surface area contributed by atoms with Gasteiger partial charge >= 0.3 is 0 Å². The summed E-state index contributed by atoms with van der Waals surface area (Å²) < 4.78 is 37.7. The number of sulfonamides is 1. The number of nitrogens with zero attached hydrogens (tertiary/aromatic N) is 1. The Balaban J connectivity index is 1.87. The van der Waals surface area contributed by atoms with Crippen LogP contribution in [0, 0.1) is 0 Å². The van der Waals surface area contributed by atoms with Gasteiger partial charge in [0.1, 0.15) is 11.5 Å². The van der Waals surface area contributed by atoms with E-state index in [0.29, 0.717) is 38.4 Å². The fourth-order valence-corrected chi connectivity index (χ4v) is 4.57. The minimum absolute atomic E-state index is 0.0181. The first-order chi connectivity index (χ1) is 15.6. The van der Waals surface area contributed by atoms with E-state index < -0.39 is 15.9 Å². The van der Waals surface area contributed by atoms with Crippen LogP contribution in [0.4, 0.5) is 5.69 Å². The van der Waals surface area contributed by atoms with Crippen LogP contribution >= 0.6 is 23.2 Å². The molecule has 0 bridgehead atoms. The molecule has 7 nitrogen and oxygen atoms in total. The number of carbonyl (C=O) groups is 1. The van der Waals surface area contributed by atoms with Crippen LogP contribution in [0.1, 0.15) is 15.9 Å². The van der Waals surface area contributed by atoms with Crippen molar-refractivity contribution in [2.45, 2.75) is 11.4 Å². The number of amides is 1. The highest BCUT2D eigenvalue weighted by Crippen LogP contribution is 2.29. The summed E-state index contributed by atoms with van der Waals surface area (Å²) >= 11 is 11.9. The zero-order valence-electron chi connectivity index (χ0n) is 18.1. The number of hydrogen-bond donors (Lipinski definition) is 1. The standard InChI is InChI=1S/C23H22Cl2N2O5S/c1-27(33(29,30)19-8-5-17(24)6-9-19)14-16-12-15(4-10-21(16)31-2)23(28)26-20-13-18(25)7-11-22(20)32-3/h4-13H,14H2,1-3H3,(H,26,28). The predicted octanol–water partition coefficient (Wildman–Crippen LogP) is 5.08. The zero-order chi connectivity index (χ0) is 24.2. The van der Waals surface area contributed by atoms with Gasteiger partial charge in [-0.2, -0.15) is 4.31 Å². The lowest BCUT2D eigenvalue weighted by atomic mass is 10.1. The van der Waals surface area contributed by atoms with Gasteiger partial charge in [-0.3, -0.25) is 4.79 Å². The molecule has 0 fully saturated rings. The van der Waals surface area contributed by atoms with Crippen LogP contribution in [0.25, 0.3) is 0 Å². The maximum absolute atomic E-state index is 12.9. The molecule has 0 saturated carbocycles. The number of hydrogen-bond acceptors (Lipinski definition) is 5. The van der Waals surface area contributed by atoms with Gasteiger partial charge in [0.15, 0.2) is 0 Å². The number of benzene rings is 3. The SMILES string of the molecule is COc1ccc(C(=O)Nc2cc(Cl)ccc2OC)cc1CN(C)S(=O)(=O)c1ccc(Cl)cc1. The molecule has 0 aromatic heterocycles. The fraction of sp³-hybridized carbons (Fsp3) is 0.174. The summed E-state index contributed by atoms with van der Waals surface area (Å²) in [6.45, 7) is -0.0181. The average Bonchev–Trinajstić information content (AvgIpc) is 2.79. The number of nitrogens with one attached hydrogen (secondary N) is 1. The highest BCUT2D eigenvalue weighted by atomic mass is 35.5. The second kappa shape index (κ2) is 10.4. The molecule has 3 aromatic carbocycles. The van der Waals surface area contributed by atoms with Gasteiger partial charge in [0.25, 0.3) is 5.91 Å². The van der Waals surface area contributed by atoms with Crippen molar-refractivity contribution in [1.82, 2.24) is 4.31 Å². The second-order valence-corrected chi connectivity index (χ2v) is 9.96. The van der Waals surface area contributed by atoms with Crippen LogP contribution in [0.2, 0.25) is 10.0 Å². The van der Waals surface area contributed by atoms with E-state index in [-0.39, 0.29) is 11.4 Å². The molecule has 1 N–H and O–H groups in total. The second-order valence-electron chi connectivity index (χ2n) is 7.04.